The Morgan fingerprint density at radius 1 is 1.24 bits per heavy atom. The summed E-state index contributed by atoms with van der Waals surface area (Å²) in [4.78, 5) is 16.6. The molecule has 0 unspecified atom stereocenters. The molecule has 1 aromatic rings. The van der Waals surface area contributed by atoms with Gasteiger partial charge < -0.3 is 10.0 Å². The molecule has 1 amide bonds. The SMILES string of the molecule is O=C(c1cc(Cl)sc1Cl)N1CCN([C@@H]2CCC[C@@H]2O)CC1. The lowest BCUT2D eigenvalue weighted by atomic mass is 10.1. The average molecular weight is 349 g/mol. The molecule has 7 heteroatoms. The minimum Gasteiger partial charge on any atom is -0.391 e. The van der Waals surface area contributed by atoms with Gasteiger partial charge in [0, 0.05) is 32.2 Å². The van der Waals surface area contributed by atoms with E-state index < -0.39 is 0 Å². The highest BCUT2D eigenvalue weighted by Crippen LogP contribution is 2.32. The highest BCUT2D eigenvalue weighted by Gasteiger charge is 2.33. The van der Waals surface area contributed by atoms with Crippen molar-refractivity contribution in [1.29, 1.82) is 0 Å². The summed E-state index contributed by atoms with van der Waals surface area (Å²) in [6.45, 7) is 2.96. The molecule has 1 saturated carbocycles. The van der Waals surface area contributed by atoms with Crippen molar-refractivity contribution in [2.75, 3.05) is 26.2 Å². The van der Waals surface area contributed by atoms with Gasteiger partial charge in [0.25, 0.3) is 5.91 Å². The topological polar surface area (TPSA) is 43.8 Å². The number of piperazine rings is 1. The van der Waals surface area contributed by atoms with Crippen LogP contribution >= 0.6 is 34.5 Å². The van der Waals surface area contributed by atoms with Crippen molar-refractivity contribution in [2.24, 2.45) is 0 Å². The third kappa shape index (κ3) is 3.22. The monoisotopic (exact) mass is 348 g/mol. The number of halogens is 2. The summed E-state index contributed by atoms with van der Waals surface area (Å²) in [5.41, 5.74) is 0.501. The predicted octanol–water partition coefficient (Wildman–Crippen LogP) is 2.73. The molecule has 0 aromatic carbocycles. The third-order valence-electron chi connectivity index (χ3n) is 4.40. The summed E-state index contributed by atoms with van der Waals surface area (Å²) < 4.78 is 0.995. The van der Waals surface area contributed by atoms with E-state index in [4.69, 9.17) is 23.2 Å². The van der Waals surface area contributed by atoms with Gasteiger partial charge in [-0.05, 0) is 25.3 Å². The molecule has 0 radical (unpaired) electrons. The molecule has 4 nitrogen and oxygen atoms in total. The Morgan fingerprint density at radius 3 is 2.48 bits per heavy atom. The largest absolute Gasteiger partial charge is 0.391 e. The number of aliphatic hydroxyl groups is 1. The van der Waals surface area contributed by atoms with Gasteiger partial charge in [-0.1, -0.05) is 23.2 Å². The molecule has 0 spiro atoms. The van der Waals surface area contributed by atoms with E-state index in [9.17, 15) is 9.90 Å². The smallest absolute Gasteiger partial charge is 0.256 e. The number of carbonyl (C=O) groups is 1. The Hall–Kier alpha value is -0.330. The number of carbonyl (C=O) groups excluding carboxylic acids is 1. The number of hydrogen-bond acceptors (Lipinski definition) is 4. The van der Waals surface area contributed by atoms with Gasteiger partial charge in [-0.2, -0.15) is 0 Å². The lowest BCUT2D eigenvalue weighted by Crippen LogP contribution is -2.53. The first-order valence-corrected chi connectivity index (χ1v) is 8.79. The zero-order valence-corrected chi connectivity index (χ0v) is 13.9. The fraction of sp³-hybridized carbons (Fsp3) is 0.643. The normalized spacial score (nSPS) is 27.3. The summed E-state index contributed by atoms with van der Waals surface area (Å²) >= 11 is 13.2. The number of amides is 1. The summed E-state index contributed by atoms with van der Waals surface area (Å²) in [7, 11) is 0. The number of aliphatic hydroxyl groups excluding tert-OH is 1. The van der Waals surface area contributed by atoms with Crippen LogP contribution in [-0.2, 0) is 0 Å². The molecule has 2 aliphatic rings. The van der Waals surface area contributed by atoms with Crippen LogP contribution in [0.2, 0.25) is 8.67 Å². The Kier molecular flexibility index (Phi) is 4.76. The van der Waals surface area contributed by atoms with Crippen molar-refractivity contribution in [1.82, 2.24) is 9.80 Å². The third-order valence-corrected chi connectivity index (χ3v) is 5.89. The maximum Gasteiger partial charge on any atom is 0.256 e. The van der Waals surface area contributed by atoms with Crippen LogP contribution in [0.5, 0.6) is 0 Å². The van der Waals surface area contributed by atoms with Gasteiger partial charge in [0.05, 0.1) is 16.0 Å². The summed E-state index contributed by atoms with van der Waals surface area (Å²) in [6, 6.07) is 1.91. The maximum absolute atomic E-state index is 12.4. The lowest BCUT2D eigenvalue weighted by molar-refractivity contribution is 0.0316. The Balaban J connectivity index is 1.60. The van der Waals surface area contributed by atoms with E-state index in [1.54, 1.807) is 6.07 Å². The minimum absolute atomic E-state index is 0.0465. The van der Waals surface area contributed by atoms with Crippen molar-refractivity contribution in [3.05, 3.63) is 20.3 Å². The zero-order valence-electron chi connectivity index (χ0n) is 11.6. The molecule has 0 bridgehead atoms. The fourth-order valence-corrected chi connectivity index (χ4v) is 4.71. The first-order valence-electron chi connectivity index (χ1n) is 7.22. The first-order chi connectivity index (χ1) is 10.1. The minimum atomic E-state index is -0.211. The average Bonchev–Trinajstić information content (AvgIpc) is 3.04. The van der Waals surface area contributed by atoms with Crippen molar-refractivity contribution in [2.45, 2.75) is 31.4 Å². The van der Waals surface area contributed by atoms with Crippen LogP contribution in [0.25, 0.3) is 0 Å². The Morgan fingerprint density at radius 2 is 1.95 bits per heavy atom. The van der Waals surface area contributed by atoms with Gasteiger partial charge in [0.15, 0.2) is 0 Å². The van der Waals surface area contributed by atoms with Gasteiger partial charge >= 0.3 is 0 Å². The summed E-state index contributed by atoms with van der Waals surface area (Å²) in [6.07, 6.45) is 2.83. The van der Waals surface area contributed by atoms with Crippen molar-refractivity contribution in [3.8, 4) is 0 Å². The molecule has 1 aliphatic heterocycles. The van der Waals surface area contributed by atoms with Crippen molar-refractivity contribution in [3.63, 3.8) is 0 Å². The number of thiophene rings is 1. The van der Waals surface area contributed by atoms with Gasteiger partial charge in [-0.3, -0.25) is 9.69 Å². The second-order valence-electron chi connectivity index (χ2n) is 5.63. The number of nitrogens with zero attached hydrogens (tertiary/aromatic N) is 2. The Labute approximate surface area is 138 Å². The highest BCUT2D eigenvalue weighted by molar-refractivity contribution is 7.20. The molecule has 2 heterocycles. The van der Waals surface area contributed by atoms with Crippen LogP contribution in [0.15, 0.2) is 6.07 Å². The van der Waals surface area contributed by atoms with E-state index in [0.717, 1.165) is 32.4 Å². The molecular weight excluding hydrogens is 331 g/mol. The van der Waals surface area contributed by atoms with E-state index in [2.05, 4.69) is 4.90 Å². The summed E-state index contributed by atoms with van der Waals surface area (Å²) in [5, 5.41) is 9.98. The van der Waals surface area contributed by atoms with Crippen LogP contribution in [0.4, 0.5) is 0 Å². The molecule has 2 atom stereocenters. The molecule has 116 valence electrons. The van der Waals surface area contributed by atoms with Gasteiger partial charge in [-0.15, -0.1) is 11.3 Å². The van der Waals surface area contributed by atoms with E-state index >= 15 is 0 Å². The van der Waals surface area contributed by atoms with Gasteiger partial charge in [-0.25, -0.2) is 0 Å². The molecule has 3 rings (SSSR count). The highest BCUT2D eigenvalue weighted by atomic mass is 35.5. The van der Waals surface area contributed by atoms with Crippen LogP contribution in [0.3, 0.4) is 0 Å². The van der Waals surface area contributed by atoms with E-state index in [0.29, 0.717) is 27.3 Å². The molecule has 1 aliphatic carbocycles. The second-order valence-corrected chi connectivity index (χ2v) is 7.92. The van der Waals surface area contributed by atoms with Crippen molar-refractivity contribution < 1.29 is 9.90 Å². The number of rotatable bonds is 2. The zero-order chi connectivity index (χ0) is 15.0. The predicted molar refractivity (Wildman–Crippen MR) is 85.5 cm³/mol. The molecule has 1 saturated heterocycles. The molecular formula is C14H18Cl2N2O2S. The summed E-state index contributed by atoms with van der Waals surface area (Å²) in [5.74, 6) is -0.0465. The standard InChI is InChI=1S/C14H18Cl2N2O2S/c15-12-8-9(13(16)21-12)14(20)18-6-4-17(5-7-18)10-2-1-3-11(10)19/h8,10-11,19H,1-7H2/t10-,11+/m1/s1. The van der Waals surface area contributed by atoms with Crippen LogP contribution in [0.1, 0.15) is 29.6 Å². The molecule has 1 aromatic heterocycles. The lowest BCUT2D eigenvalue weighted by Gasteiger charge is -2.39. The molecule has 2 fully saturated rings. The van der Waals surface area contributed by atoms with Gasteiger partial charge in [0.1, 0.15) is 4.34 Å². The first kappa shape index (κ1) is 15.6. The number of hydrogen-bond donors (Lipinski definition) is 1. The Bertz CT molecular complexity index is 529. The quantitative estimate of drug-likeness (QED) is 0.893. The van der Waals surface area contributed by atoms with Crippen LogP contribution < -0.4 is 0 Å². The van der Waals surface area contributed by atoms with Crippen LogP contribution in [-0.4, -0.2) is 59.1 Å². The molecule has 21 heavy (non-hydrogen) atoms. The van der Waals surface area contributed by atoms with E-state index in [1.165, 1.54) is 11.3 Å². The maximum atomic E-state index is 12.4. The van der Waals surface area contributed by atoms with Crippen LogP contribution in [0, 0.1) is 0 Å². The second kappa shape index (κ2) is 6.42. The van der Waals surface area contributed by atoms with E-state index in [-0.39, 0.29) is 18.1 Å². The fourth-order valence-electron chi connectivity index (χ4n) is 3.26. The molecule has 1 N–H and O–H groups in total. The van der Waals surface area contributed by atoms with Gasteiger partial charge in [0.2, 0.25) is 0 Å². The van der Waals surface area contributed by atoms with E-state index in [1.807, 2.05) is 4.90 Å². The van der Waals surface area contributed by atoms with Crippen molar-refractivity contribution >= 4 is 40.4 Å².